The number of carbonyl (C=O) groups excluding carboxylic acids is 2. The summed E-state index contributed by atoms with van der Waals surface area (Å²) in [6.07, 6.45) is 3.33. The van der Waals surface area contributed by atoms with Crippen molar-refractivity contribution in [1.82, 2.24) is 14.7 Å². The Hall–Kier alpha value is -3.67. The van der Waals surface area contributed by atoms with E-state index in [0.717, 1.165) is 22.6 Å². The molecule has 0 fully saturated rings. The van der Waals surface area contributed by atoms with Crippen molar-refractivity contribution in [3.05, 3.63) is 83.2 Å². The van der Waals surface area contributed by atoms with E-state index in [1.807, 2.05) is 48.9 Å². The lowest BCUT2D eigenvalue weighted by Crippen LogP contribution is -2.27. The SMILES string of the molecule is Cc1nn(-c2ccccc2)c(C)c1/C=C/C(=O)c1cccc(OCC(=O)N(C)C)c1. The molecule has 30 heavy (non-hydrogen) atoms. The number of likely N-dealkylation sites (N-methyl/N-ethyl adjacent to an activating group) is 1. The Kier molecular flexibility index (Phi) is 6.47. The first-order valence-electron chi connectivity index (χ1n) is 9.64. The number of amides is 1. The van der Waals surface area contributed by atoms with Crippen LogP contribution < -0.4 is 4.74 Å². The van der Waals surface area contributed by atoms with E-state index in [1.54, 1.807) is 44.4 Å². The average Bonchev–Trinajstić information content (AvgIpc) is 3.04. The second-order valence-electron chi connectivity index (χ2n) is 7.13. The summed E-state index contributed by atoms with van der Waals surface area (Å²) in [5.41, 5.74) is 4.19. The minimum atomic E-state index is -0.148. The first-order valence-corrected chi connectivity index (χ1v) is 9.64. The van der Waals surface area contributed by atoms with E-state index in [4.69, 9.17) is 4.74 Å². The predicted molar refractivity (Wildman–Crippen MR) is 117 cm³/mol. The fourth-order valence-electron chi connectivity index (χ4n) is 2.99. The zero-order valence-electron chi connectivity index (χ0n) is 17.6. The summed E-state index contributed by atoms with van der Waals surface area (Å²) < 4.78 is 7.36. The Bertz CT molecular complexity index is 1080. The van der Waals surface area contributed by atoms with Crippen molar-refractivity contribution in [3.63, 3.8) is 0 Å². The molecule has 0 aliphatic rings. The van der Waals surface area contributed by atoms with Crippen LogP contribution in [-0.4, -0.2) is 47.1 Å². The van der Waals surface area contributed by atoms with Gasteiger partial charge in [0.15, 0.2) is 12.4 Å². The van der Waals surface area contributed by atoms with Crippen LogP contribution in [0.4, 0.5) is 0 Å². The lowest BCUT2D eigenvalue weighted by Gasteiger charge is -2.11. The molecule has 0 bridgehead atoms. The molecule has 1 heterocycles. The number of aryl methyl sites for hydroxylation is 1. The van der Waals surface area contributed by atoms with E-state index < -0.39 is 0 Å². The van der Waals surface area contributed by atoms with Crippen LogP contribution in [0.1, 0.15) is 27.3 Å². The van der Waals surface area contributed by atoms with E-state index in [9.17, 15) is 9.59 Å². The third-order valence-electron chi connectivity index (χ3n) is 4.73. The van der Waals surface area contributed by atoms with Gasteiger partial charge in [-0.25, -0.2) is 4.68 Å². The number of benzene rings is 2. The first kappa shape index (κ1) is 21.0. The molecule has 1 aromatic heterocycles. The van der Waals surface area contributed by atoms with Gasteiger partial charge in [-0.3, -0.25) is 9.59 Å². The smallest absolute Gasteiger partial charge is 0.259 e. The van der Waals surface area contributed by atoms with E-state index in [1.165, 1.54) is 11.0 Å². The van der Waals surface area contributed by atoms with Crippen molar-refractivity contribution in [3.8, 4) is 11.4 Å². The quantitative estimate of drug-likeness (QED) is 0.444. The van der Waals surface area contributed by atoms with E-state index >= 15 is 0 Å². The summed E-state index contributed by atoms with van der Waals surface area (Å²) in [4.78, 5) is 25.8. The molecule has 0 atom stereocenters. The van der Waals surface area contributed by atoms with Gasteiger partial charge >= 0.3 is 0 Å². The molecule has 0 spiro atoms. The normalized spacial score (nSPS) is 10.9. The summed E-state index contributed by atoms with van der Waals surface area (Å²) in [6, 6.07) is 16.7. The number of hydrogen-bond acceptors (Lipinski definition) is 4. The molecule has 0 saturated carbocycles. The van der Waals surface area contributed by atoms with Gasteiger partial charge in [-0.05, 0) is 50.3 Å². The van der Waals surface area contributed by atoms with Crippen LogP contribution in [0.3, 0.4) is 0 Å². The average molecular weight is 403 g/mol. The van der Waals surface area contributed by atoms with Gasteiger partial charge in [0, 0.05) is 30.9 Å². The monoisotopic (exact) mass is 403 g/mol. The van der Waals surface area contributed by atoms with Crippen LogP contribution in [0.2, 0.25) is 0 Å². The van der Waals surface area contributed by atoms with Crippen molar-refractivity contribution >= 4 is 17.8 Å². The molecule has 0 saturated heterocycles. The molecule has 0 aliphatic heterocycles. The first-order chi connectivity index (χ1) is 14.4. The van der Waals surface area contributed by atoms with Crippen molar-refractivity contribution in [2.75, 3.05) is 20.7 Å². The van der Waals surface area contributed by atoms with Gasteiger partial charge < -0.3 is 9.64 Å². The molecule has 1 amide bonds. The van der Waals surface area contributed by atoms with Gasteiger partial charge in [0.1, 0.15) is 5.75 Å². The maximum atomic E-state index is 12.7. The third-order valence-corrected chi connectivity index (χ3v) is 4.73. The molecule has 2 aromatic carbocycles. The van der Waals surface area contributed by atoms with E-state index in [-0.39, 0.29) is 18.3 Å². The van der Waals surface area contributed by atoms with E-state index in [0.29, 0.717) is 11.3 Å². The van der Waals surface area contributed by atoms with Crippen LogP contribution in [0.25, 0.3) is 11.8 Å². The van der Waals surface area contributed by atoms with Crippen molar-refractivity contribution in [2.24, 2.45) is 0 Å². The number of hydrogen-bond donors (Lipinski definition) is 0. The van der Waals surface area contributed by atoms with Crippen LogP contribution in [0.15, 0.2) is 60.7 Å². The Labute approximate surface area is 176 Å². The highest BCUT2D eigenvalue weighted by Crippen LogP contribution is 2.20. The summed E-state index contributed by atoms with van der Waals surface area (Å²) in [5, 5.41) is 4.60. The highest BCUT2D eigenvalue weighted by atomic mass is 16.5. The van der Waals surface area contributed by atoms with Gasteiger partial charge in [-0.2, -0.15) is 5.10 Å². The highest BCUT2D eigenvalue weighted by molar-refractivity contribution is 6.07. The number of allylic oxidation sites excluding steroid dienone is 1. The van der Waals surface area contributed by atoms with Crippen molar-refractivity contribution in [1.29, 1.82) is 0 Å². The fourth-order valence-corrected chi connectivity index (χ4v) is 2.99. The summed E-state index contributed by atoms with van der Waals surface area (Å²) in [6.45, 7) is 3.83. The van der Waals surface area contributed by atoms with Crippen LogP contribution in [0, 0.1) is 13.8 Å². The molecule has 3 rings (SSSR count). The molecule has 6 nitrogen and oxygen atoms in total. The second kappa shape index (κ2) is 9.22. The van der Waals surface area contributed by atoms with Crippen molar-refractivity contribution in [2.45, 2.75) is 13.8 Å². The minimum absolute atomic E-state index is 0.0719. The van der Waals surface area contributed by atoms with Crippen molar-refractivity contribution < 1.29 is 14.3 Å². The Morgan fingerprint density at radius 2 is 1.80 bits per heavy atom. The molecule has 0 N–H and O–H groups in total. The number of carbonyl (C=O) groups is 2. The Morgan fingerprint density at radius 1 is 1.07 bits per heavy atom. The lowest BCUT2D eigenvalue weighted by atomic mass is 10.1. The van der Waals surface area contributed by atoms with Gasteiger partial charge in [0.25, 0.3) is 5.91 Å². The molecule has 3 aromatic rings. The molecule has 6 heteroatoms. The lowest BCUT2D eigenvalue weighted by molar-refractivity contribution is -0.130. The summed E-state index contributed by atoms with van der Waals surface area (Å²) in [7, 11) is 3.33. The van der Waals surface area contributed by atoms with Gasteiger partial charge in [-0.15, -0.1) is 0 Å². The molecule has 154 valence electrons. The van der Waals surface area contributed by atoms with Gasteiger partial charge in [-0.1, -0.05) is 30.3 Å². The topological polar surface area (TPSA) is 64.4 Å². The Balaban J connectivity index is 1.76. The molecular weight excluding hydrogens is 378 g/mol. The molecule has 0 unspecified atom stereocenters. The third kappa shape index (κ3) is 4.84. The second-order valence-corrected chi connectivity index (χ2v) is 7.13. The maximum absolute atomic E-state index is 12.7. The van der Waals surface area contributed by atoms with E-state index in [2.05, 4.69) is 5.10 Å². The van der Waals surface area contributed by atoms with Crippen LogP contribution in [0.5, 0.6) is 5.75 Å². The number of rotatable bonds is 7. The minimum Gasteiger partial charge on any atom is -0.484 e. The van der Waals surface area contributed by atoms with Crippen LogP contribution in [-0.2, 0) is 4.79 Å². The zero-order valence-corrected chi connectivity index (χ0v) is 17.6. The predicted octanol–water partition coefficient (Wildman–Crippen LogP) is 3.85. The Morgan fingerprint density at radius 3 is 2.50 bits per heavy atom. The number of ketones is 1. The highest BCUT2D eigenvalue weighted by Gasteiger charge is 2.12. The number of aromatic nitrogens is 2. The maximum Gasteiger partial charge on any atom is 0.259 e. The number of nitrogens with zero attached hydrogens (tertiary/aromatic N) is 3. The molecular formula is C24H25N3O3. The molecule has 0 aliphatic carbocycles. The summed E-state index contributed by atoms with van der Waals surface area (Å²) >= 11 is 0. The van der Waals surface area contributed by atoms with Gasteiger partial charge in [0.2, 0.25) is 0 Å². The number of para-hydroxylation sites is 1. The number of ether oxygens (including phenoxy) is 1. The van der Waals surface area contributed by atoms with Crippen LogP contribution >= 0.6 is 0 Å². The standard InChI is InChI=1S/C24H25N3O3/c1-17-22(18(2)27(25-17)20-10-6-5-7-11-20)13-14-23(28)19-9-8-12-21(15-19)30-16-24(29)26(3)4/h5-15H,16H2,1-4H3/b14-13+. The largest absolute Gasteiger partial charge is 0.484 e. The zero-order chi connectivity index (χ0) is 21.7. The molecule has 0 radical (unpaired) electrons. The van der Waals surface area contributed by atoms with Gasteiger partial charge in [0.05, 0.1) is 11.4 Å². The summed E-state index contributed by atoms with van der Waals surface area (Å²) in [5.74, 6) is 0.187. The fraction of sp³-hybridized carbons (Fsp3) is 0.208.